The molecular formula is C16H18N2O4Zn. The second kappa shape index (κ2) is 14.8. The van der Waals surface area contributed by atoms with E-state index in [0.29, 0.717) is 23.7 Å². The molecule has 0 atom stereocenters. The molecule has 0 aliphatic heterocycles. The van der Waals surface area contributed by atoms with E-state index in [4.69, 9.17) is 21.7 Å². The van der Waals surface area contributed by atoms with Crippen molar-refractivity contribution in [2.45, 2.75) is 0 Å². The van der Waals surface area contributed by atoms with Gasteiger partial charge in [-0.25, -0.2) is 0 Å². The SMILES string of the molecule is O=Cc1ccccc1O.O=Cc1ccccc1O.[NH-]CC[NH-].[Zn+2]. The number of carbonyl (C=O) groups excluding carboxylic acids is 2. The number of carbonyl (C=O) groups is 2. The summed E-state index contributed by atoms with van der Waals surface area (Å²) in [7, 11) is 0. The Morgan fingerprint density at radius 1 is 0.739 bits per heavy atom. The number of nitrogens with one attached hydrogen (secondary N) is 2. The number of hydrogen-bond donors (Lipinski definition) is 2. The zero-order chi connectivity index (χ0) is 16.8. The molecule has 2 aromatic carbocycles. The first-order valence-corrected chi connectivity index (χ1v) is 6.36. The average molecular weight is 368 g/mol. The standard InChI is InChI=1S/2C7H6O2.C2H6N2.Zn/c2*8-5-6-3-1-2-4-7(6)9;3-1-2-4;/h2*1-5,9H;3-4H,1-2H2;/q;;-2;+2. The fraction of sp³-hybridized carbons (Fsp3) is 0.125. The number of aromatic hydroxyl groups is 2. The van der Waals surface area contributed by atoms with Gasteiger partial charge in [0.1, 0.15) is 11.5 Å². The third-order valence-corrected chi connectivity index (χ3v) is 2.25. The van der Waals surface area contributed by atoms with E-state index in [1.54, 1.807) is 36.4 Å². The van der Waals surface area contributed by atoms with Crippen molar-refractivity contribution in [3.8, 4) is 11.5 Å². The Morgan fingerprint density at radius 2 is 1.04 bits per heavy atom. The normalized spacial score (nSPS) is 8.26. The molecule has 0 aromatic heterocycles. The Balaban J connectivity index is 0. The Hall–Kier alpha value is -2.08. The summed E-state index contributed by atoms with van der Waals surface area (Å²) in [4.78, 5) is 20.1. The van der Waals surface area contributed by atoms with Gasteiger partial charge in [0.05, 0.1) is 11.1 Å². The number of benzene rings is 2. The maximum absolute atomic E-state index is 10.1. The molecule has 6 nitrogen and oxygen atoms in total. The van der Waals surface area contributed by atoms with E-state index in [1.165, 1.54) is 12.1 Å². The van der Waals surface area contributed by atoms with Crippen LogP contribution in [0.5, 0.6) is 11.5 Å². The van der Waals surface area contributed by atoms with Gasteiger partial charge in [0.15, 0.2) is 12.6 Å². The van der Waals surface area contributed by atoms with Crippen LogP contribution >= 0.6 is 0 Å². The van der Waals surface area contributed by atoms with Crippen molar-refractivity contribution < 1.29 is 39.3 Å². The summed E-state index contributed by atoms with van der Waals surface area (Å²) < 4.78 is 0. The first-order valence-electron chi connectivity index (χ1n) is 6.36. The molecule has 0 spiro atoms. The number of phenolic OH excluding ortho intramolecular Hbond substituents is 2. The van der Waals surface area contributed by atoms with Crippen molar-refractivity contribution in [1.82, 2.24) is 0 Å². The number of para-hydroxylation sites is 2. The minimum Gasteiger partial charge on any atom is -0.679 e. The molecule has 0 aliphatic rings. The molecule has 0 unspecified atom stereocenters. The van der Waals surface area contributed by atoms with E-state index in [-0.39, 0.29) is 44.1 Å². The van der Waals surface area contributed by atoms with Gasteiger partial charge in [0, 0.05) is 0 Å². The van der Waals surface area contributed by atoms with Crippen LogP contribution in [0.4, 0.5) is 0 Å². The summed E-state index contributed by atoms with van der Waals surface area (Å²) in [5, 5.41) is 17.8. The third-order valence-electron chi connectivity index (χ3n) is 2.25. The number of aldehydes is 2. The van der Waals surface area contributed by atoms with Crippen LogP contribution in [-0.2, 0) is 19.5 Å². The molecule has 0 aliphatic carbocycles. The summed E-state index contributed by atoms with van der Waals surface area (Å²) in [5.74, 6) is 0.0694. The minimum absolute atomic E-state index is 0. The maximum Gasteiger partial charge on any atom is 2.00 e. The largest absolute Gasteiger partial charge is 2.00 e. The van der Waals surface area contributed by atoms with Crippen LogP contribution in [0.1, 0.15) is 20.7 Å². The quantitative estimate of drug-likeness (QED) is 0.636. The van der Waals surface area contributed by atoms with Crippen LogP contribution in [0.3, 0.4) is 0 Å². The second-order valence-electron chi connectivity index (χ2n) is 3.85. The van der Waals surface area contributed by atoms with Crippen LogP contribution in [-0.4, -0.2) is 35.9 Å². The maximum atomic E-state index is 10.1. The van der Waals surface area contributed by atoms with E-state index >= 15 is 0 Å². The molecular weight excluding hydrogens is 350 g/mol. The molecule has 0 radical (unpaired) electrons. The summed E-state index contributed by atoms with van der Waals surface area (Å²) in [6.07, 6.45) is 1.24. The Morgan fingerprint density at radius 3 is 1.22 bits per heavy atom. The van der Waals surface area contributed by atoms with Crippen molar-refractivity contribution in [3.63, 3.8) is 0 Å². The first kappa shape index (κ1) is 23.2. The fourth-order valence-corrected chi connectivity index (χ4v) is 1.17. The van der Waals surface area contributed by atoms with Crippen LogP contribution in [0.15, 0.2) is 48.5 Å². The molecule has 2 aromatic rings. The zero-order valence-electron chi connectivity index (χ0n) is 12.6. The van der Waals surface area contributed by atoms with E-state index in [1.807, 2.05) is 0 Å². The Bertz CT molecular complexity index is 528. The number of hydrogen-bond acceptors (Lipinski definition) is 4. The molecule has 0 fully saturated rings. The molecule has 23 heavy (non-hydrogen) atoms. The predicted octanol–water partition coefficient (Wildman–Crippen LogP) is 3.50. The van der Waals surface area contributed by atoms with Gasteiger partial charge in [0.2, 0.25) is 0 Å². The number of rotatable bonds is 3. The van der Waals surface area contributed by atoms with Crippen molar-refractivity contribution in [2.24, 2.45) is 0 Å². The van der Waals surface area contributed by atoms with Gasteiger partial charge in [0.25, 0.3) is 0 Å². The van der Waals surface area contributed by atoms with Gasteiger partial charge in [-0.2, -0.15) is 13.1 Å². The first-order chi connectivity index (χ1) is 10.6. The Labute approximate surface area is 147 Å². The second-order valence-corrected chi connectivity index (χ2v) is 3.85. The molecule has 118 valence electrons. The van der Waals surface area contributed by atoms with Gasteiger partial charge in [-0.15, -0.1) is 0 Å². The fourth-order valence-electron chi connectivity index (χ4n) is 1.17. The zero-order valence-corrected chi connectivity index (χ0v) is 15.6. The summed E-state index contributed by atoms with van der Waals surface area (Å²) >= 11 is 0. The van der Waals surface area contributed by atoms with Crippen molar-refractivity contribution in [1.29, 1.82) is 0 Å². The van der Waals surface area contributed by atoms with Gasteiger partial charge < -0.3 is 21.7 Å². The van der Waals surface area contributed by atoms with Crippen LogP contribution in [0.2, 0.25) is 0 Å². The molecule has 2 rings (SSSR count). The van der Waals surface area contributed by atoms with Crippen LogP contribution in [0.25, 0.3) is 11.5 Å². The monoisotopic (exact) mass is 366 g/mol. The molecule has 7 heteroatoms. The molecule has 0 amide bonds. The van der Waals surface area contributed by atoms with E-state index in [2.05, 4.69) is 0 Å². The van der Waals surface area contributed by atoms with E-state index < -0.39 is 0 Å². The van der Waals surface area contributed by atoms with E-state index in [9.17, 15) is 9.59 Å². The van der Waals surface area contributed by atoms with Crippen molar-refractivity contribution in [3.05, 3.63) is 71.1 Å². The van der Waals surface area contributed by atoms with Crippen molar-refractivity contribution >= 4 is 12.6 Å². The Kier molecular flexibility index (Phi) is 15.0. The summed E-state index contributed by atoms with van der Waals surface area (Å²) in [6, 6.07) is 12.8. The average Bonchev–Trinajstić information content (AvgIpc) is 2.56. The molecule has 4 N–H and O–H groups in total. The van der Waals surface area contributed by atoms with Gasteiger partial charge >= 0.3 is 19.5 Å². The number of phenols is 2. The summed E-state index contributed by atoms with van der Waals surface area (Å²) in [5.41, 5.74) is 13.2. The van der Waals surface area contributed by atoms with Gasteiger partial charge in [-0.3, -0.25) is 9.59 Å². The summed E-state index contributed by atoms with van der Waals surface area (Å²) in [6.45, 7) is 0.472. The molecule has 0 heterocycles. The molecule has 0 saturated heterocycles. The third kappa shape index (κ3) is 10.3. The predicted molar refractivity (Wildman–Crippen MR) is 85.4 cm³/mol. The van der Waals surface area contributed by atoms with Gasteiger partial charge in [-0.05, 0) is 24.3 Å². The van der Waals surface area contributed by atoms with E-state index in [0.717, 1.165) is 0 Å². The topological polar surface area (TPSA) is 122 Å². The molecule has 0 saturated carbocycles. The minimum atomic E-state index is 0. The molecule has 0 bridgehead atoms. The smallest absolute Gasteiger partial charge is 0.679 e. The van der Waals surface area contributed by atoms with Crippen LogP contribution in [0, 0.1) is 0 Å². The van der Waals surface area contributed by atoms with Crippen LogP contribution < -0.4 is 0 Å². The van der Waals surface area contributed by atoms with Gasteiger partial charge in [-0.1, -0.05) is 24.3 Å². The van der Waals surface area contributed by atoms with Crippen molar-refractivity contribution in [2.75, 3.05) is 13.1 Å².